The van der Waals surface area contributed by atoms with Crippen molar-refractivity contribution in [2.45, 2.75) is 39.7 Å². The molecule has 0 aliphatic carbocycles. The van der Waals surface area contributed by atoms with Crippen molar-refractivity contribution in [2.24, 2.45) is 5.92 Å². The van der Waals surface area contributed by atoms with Crippen LogP contribution in [0.15, 0.2) is 24.3 Å². The molecule has 0 spiro atoms. The molecule has 0 aliphatic heterocycles. The number of ether oxygens (including phenoxy) is 2. The van der Waals surface area contributed by atoms with Gasteiger partial charge in [0.15, 0.2) is 0 Å². The number of amides is 1. The monoisotopic (exact) mass is 338 g/mol. The number of aliphatic hydroxyl groups is 1. The van der Waals surface area contributed by atoms with Crippen LogP contribution in [0.4, 0.5) is 10.5 Å². The van der Waals surface area contributed by atoms with Crippen molar-refractivity contribution in [3.05, 3.63) is 24.3 Å². The van der Waals surface area contributed by atoms with Crippen molar-refractivity contribution in [3.8, 4) is 5.75 Å². The second-order valence-electron chi connectivity index (χ2n) is 6.14. The lowest BCUT2D eigenvalue weighted by atomic mass is 10.2. The third kappa shape index (κ3) is 8.74. The number of carbonyl (C=O) groups excluding carboxylic acids is 1. The topological polar surface area (TPSA) is 79.8 Å². The number of anilines is 1. The number of nitrogens with one attached hydrogen (secondary N) is 2. The minimum atomic E-state index is -0.609. The second kappa shape index (κ2) is 11.7. The van der Waals surface area contributed by atoms with E-state index in [9.17, 15) is 9.90 Å². The van der Waals surface area contributed by atoms with Gasteiger partial charge in [-0.15, -0.1) is 0 Å². The largest absolute Gasteiger partial charge is 0.489 e. The number of aliphatic hydroxyl groups excluding tert-OH is 1. The van der Waals surface area contributed by atoms with Crippen LogP contribution in [-0.2, 0) is 4.74 Å². The lowest BCUT2D eigenvalue weighted by Gasteiger charge is -2.16. The van der Waals surface area contributed by atoms with Crippen LogP contribution in [-0.4, -0.2) is 43.6 Å². The zero-order valence-electron chi connectivity index (χ0n) is 14.9. The van der Waals surface area contributed by atoms with Gasteiger partial charge >= 0.3 is 6.09 Å². The van der Waals surface area contributed by atoms with Gasteiger partial charge in [-0.05, 0) is 31.0 Å². The van der Waals surface area contributed by atoms with Gasteiger partial charge in [-0.1, -0.05) is 39.3 Å². The number of carbonyl (C=O) groups is 1. The molecule has 0 bridgehead atoms. The average Bonchev–Trinajstić information content (AvgIpc) is 2.56. The van der Waals surface area contributed by atoms with Gasteiger partial charge < -0.3 is 19.9 Å². The van der Waals surface area contributed by atoms with Crippen molar-refractivity contribution in [1.82, 2.24) is 5.32 Å². The Labute approximate surface area is 144 Å². The highest BCUT2D eigenvalue weighted by Crippen LogP contribution is 2.24. The number of para-hydroxylation sites is 2. The number of rotatable bonds is 11. The minimum absolute atomic E-state index is 0.152. The maximum atomic E-state index is 11.8. The molecule has 1 aromatic rings. The van der Waals surface area contributed by atoms with E-state index in [1.165, 1.54) is 0 Å². The third-order valence-corrected chi connectivity index (χ3v) is 3.19. The molecule has 0 saturated heterocycles. The molecule has 136 valence electrons. The Morgan fingerprint density at radius 2 is 2.00 bits per heavy atom. The second-order valence-corrected chi connectivity index (χ2v) is 6.14. The number of hydrogen-bond acceptors (Lipinski definition) is 5. The van der Waals surface area contributed by atoms with Crippen LogP contribution >= 0.6 is 0 Å². The van der Waals surface area contributed by atoms with E-state index in [2.05, 4.69) is 17.6 Å². The summed E-state index contributed by atoms with van der Waals surface area (Å²) in [4.78, 5) is 11.8. The maximum Gasteiger partial charge on any atom is 0.411 e. The highest BCUT2D eigenvalue weighted by molar-refractivity contribution is 5.86. The SMILES string of the molecule is CCCCNCC(O)COc1ccccc1NC(=O)OCC(C)C. The first kappa shape index (κ1) is 20.3. The van der Waals surface area contributed by atoms with Crippen LogP contribution in [0.3, 0.4) is 0 Å². The van der Waals surface area contributed by atoms with Crippen LogP contribution in [0, 0.1) is 5.92 Å². The summed E-state index contributed by atoms with van der Waals surface area (Å²) in [5.41, 5.74) is 0.525. The predicted octanol–water partition coefficient (Wildman–Crippen LogP) is 3.02. The Hall–Kier alpha value is -1.79. The molecule has 1 unspecified atom stereocenters. The summed E-state index contributed by atoms with van der Waals surface area (Å²) in [5.74, 6) is 0.782. The van der Waals surface area contributed by atoms with E-state index in [-0.39, 0.29) is 12.5 Å². The number of hydrogen-bond donors (Lipinski definition) is 3. The fraction of sp³-hybridized carbons (Fsp3) is 0.611. The molecule has 3 N–H and O–H groups in total. The zero-order valence-corrected chi connectivity index (χ0v) is 14.9. The van der Waals surface area contributed by atoms with E-state index in [0.29, 0.717) is 24.6 Å². The number of unbranched alkanes of at least 4 members (excludes halogenated alkanes) is 1. The van der Waals surface area contributed by atoms with Gasteiger partial charge in [-0.3, -0.25) is 5.32 Å². The molecule has 0 radical (unpaired) electrons. The van der Waals surface area contributed by atoms with Gasteiger partial charge in [-0.25, -0.2) is 4.79 Å². The minimum Gasteiger partial charge on any atom is -0.489 e. The summed E-state index contributed by atoms with van der Waals surface area (Å²) < 4.78 is 10.7. The Morgan fingerprint density at radius 1 is 1.25 bits per heavy atom. The van der Waals surface area contributed by atoms with Crippen molar-refractivity contribution in [1.29, 1.82) is 0 Å². The summed E-state index contributed by atoms with van der Waals surface area (Å²) in [6.07, 6.45) is 1.08. The first-order chi connectivity index (χ1) is 11.5. The Morgan fingerprint density at radius 3 is 2.71 bits per heavy atom. The quantitative estimate of drug-likeness (QED) is 0.541. The van der Waals surface area contributed by atoms with Crippen LogP contribution in [0.2, 0.25) is 0 Å². The van der Waals surface area contributed by atoms with E-state index >= 15 is 0 Å². The fourth-order valence-electron chi connectivity index (χ4n) is 1.90. The highest BCUT2D eigenvalue weighted by atomic mass is 16.5. The molecule has 1 atom stereocenters. The normalized spacial score (nSPS) is 12.0. The summed E-state index contributed by atoms with van der Waals surface area (Å²) >= 11 is 0. The lowest BCUT2D eigenvalue weighted by molar-refractivity contribution is 0.107. The van der Waals surface area contributed by atoms with Crippen molar-refractivity contribution in [3.63, 3.8) is 0 Å². The molecule has 0 fully saturated rings. The summed E-state index contributed by atoms with van der Waals surface area (Å²) in [6.45, 7) is 7.94. The first-order valence-corrected chi connectivity index (χ1v) is 8.57. The average molecular weight is 338 g/mol. The summed E-state index contributed by atoms with van der Waals surface area (Å²) in [6, 6.07) is 7.09. The molecule has 6 heteroatoms. The van der Waals surface area contributed by atoms with Gasteiger partial charge in [0.2, 0.25) is 0 Å². The highest BCUT2D eigenvalue weighted by Gasteiger charge is 2.11. The van der Waals surface area contributed by atoms with Crippen LogP contribution in [0.25, 0.3) is 0 Å². The molecular formula is C18H30N2O4. The Balaban J connectivity index is 2.43. The smallest absolute Gasteiger partial charge is 0.411 e. The fourth-order valence-corrected chi connectivity index (χ4v) is 1.90. The van der Waals surface area contributed by atoms with E-state index in [1.807, 2.05) is 19.9 Å². The van der Waals surface area contributed by atoms with E-state index in [4.69, 9.17) is 9.47 Å². The summed E-state index contributed by atoms with van der Waals surface area (Å²) in [5, 5.41) is 15.8. The molecule has 24 heavy (non-hydrogen) atoms. The van der Waals surface area contributed by atoms with Crippen molar-refractivity contribution < 1.29 is 19.4 Å². The molecule has 1 amide bonds. The zero-order chi connectivity index (χ0) is 17.8. The predicted molar refractivity (Wildman–Crippen MR) is 95.5 cm³/mol. The molecule has 0 heterocycles. The van der Waals surface area contributed by atoms with Crippen LogP contribution in [0.5, 0.6) is 5.75 Å². The van der Waals surface area contributed by atoms with E-state index in [1.54, 1.807) is 18.2 Å². The van der Waals surface area contributed by atoms with Gasteiger partial charge in [0, 0.05) is 6.54 Å². The molecule has 1 rings (SSSR count). The summed E-state index contributed by atoms with van der Waals surface area (Å²) in [7, 11) is 0. The molecule has 0 saturated carbocycles. The lowest BCUT2D eigenvalue weighted by Crippen LogP contribution is -2.32. The van der Waals surface area contributed by atoms with Crippen LogP contribution < -0.4 is 15.4 Å². The molecule has 0 aliphatic rings. The van der Waals surface area contributed by atoms with Crippen molar-refractivity contribution >= 4 is 11.8 Å². The van der Waals surface area contributed by atoms with Gasteiger partial charge in [-0.2, -0.15) is 0 Å². The van der Waals surface area contributed by atoms with Crippen molar-refractivity contribution in [2.75, 3.05) is 31.6 Å². The van der Waals surface area contributed by atoms with Gasteiger partial charge in [0.1, 0.15) is 18.5 Å². The maximum absolute atomic E-state index is 11.8. The third-order valence-electron chi connectivity index (χ3n) is 3.19. The molecule has 6 nitrogen and oxygen atoms in total. The Bertz CT molecular complexity index is 480. The van der Waals surface area contributed by atoms with Gasteiger partial charge in [0.25, 0.3) is 0 Å². The number of benzene rings is 1. The molecular weight excluding hydrogens is 308 g/mol. The molecule has 1 aromatic carbocycles. The van der Waals surface area contributed by atoms with Crippen LogP contribution in [0.1, 0.15) is 33.6 Å². The molecule has 0 aromatic heterocycles. The first-order valence-electron chi connectivity index (χ1n) is 8.57. The van der Waals surface area contributed by atoms with E-state index < -0.39 is 12.2 Å². The van der Waals surface area contributed by atoms with Gasteiger partial charge in [0.05, 0.1) is 12.3 Å². The standard InChI is InChI=1S/C18H30N2O4/c1-4-5-10-19-11-15(21)13-23-17-9-7-6-8-16(17)20-18(22)24-12-14(2)3/h6-9,14-15,19,21H,4-5,10-13H2,1-3H3,(H,20,22). The van der Waals surface area contributed by atoms with E-state index in [0.717, 1.165) is 19.4 Å². The Kier molecular flexibility index (Phi) is 9.88.